The first-order chi connectivity index (χ1) is 11.2. The van der Waals surface area contributed by atoms with Crippen LogP contribution in [0.2, 0.25) is 0 Å². The van der Waals surface area contributed by atoms with Gasteiger partial charge < -0.3 is 4.74 Å². The highest BCUT2D eigenvalue weighted by Crippen LogP contribution is 2.24. The topological polar surface area (TPSA) is 55.4 Å². The van der Waals surface area contributed by atoms with E-state index in [0.29, 0.717) is 13.0 Å². The molecule has 1 aromatic rings. The van der Waals surface area contributed by atoms with Crippen molar-refractivity contribution in [3.8, 4) is 5.75 Å². The van der Waals surface area contributed by atoms with Gasteiger partial charge in [-0.3, -0.25) is 14.9 Å². The molecule has 5 heteroatoms. The van der Waals surface area contributed by atoms with Crippen LogP contribution in [0.4, 0.5) is 4.79 Å². The molecule has 0 radical (unpaired) electrons. The smallest absolute Gasteiger partial charge is 0.286 e. The van der Waals surface area contributed by atoms with Crippen LogP contribution in [0.5, 0.6) is 5.75 Å². The van der Waals surface area contributed by atoms with Crippen LogP contribution in [-0.2, 0) is 11.2 Å². The van der Waals surface area contributed by atoms with Crippen molar-refractivity contribution in [3.05, 3.63) is 53.6 Å². The van der Waals surface area contributed by atoms with Crippen LogP contribution in [0.25, 0.3) is 0 Å². The number of nitrogens with one attached hydrogen (secondary N) is 1. The van der Waals surface area contributed by atoms with Gasteiger partial charge >= 0.3 is 0 Å². The van der Waals surface area contributed by atoms with Gasteiger partial charge in [0.1, 0.15) is 5.75 Å². The largest absolute Gasteiger partial charge is 0.493 e. The Kier molecular flexibility index (Phi) is 5.18. The minimum absolute atomic E-state index is 0.200. The molecule has 1 heterocycles. The molecular formula is C18H19NO3S. The van der Waals surface area contributed by atoms with Gasteiger partial charge in [0.05, 0.1) is 11.9 Å². The maximum absolute atomic E-state index is 11.6. The number of imide groups is 1. The lowest BCUT2D eigenvalue weighted by Crippen LogP contribution is -2.25. The second-order valence-corrected chi connectivity index (χ2v) is 6.76. The molecule has 1 N–H and O–H groups in total. The van der Waals surface area contributed by atoms with E-state index < -0.39 is 0 Å². The van der Waals surface area contributed by atoms with Crippen LogP contribution in [0.3, 0.4) is 0 Å². The van der Waals surface area contributed by atoms with E-state index in [4.69, 9.17) is 4.74 Å². The Labute approximate surface area is 140 Å². The van der Waals surface area contributed by atoms with E-state index in [0.717, 1.165) is 42.3 Å². The first-order valence-corrected chi connectivity index (χ1v) is 8.67. The zero-order valence-corrected chi connectivity index (χ0v) is 13.6. The van der Waals surface area contributed by atoms with Crippen molar-refractivity contribution in [2.24, 2.45) is 0 Å². The zero-order valence-electron chi connectivity index (χ0n) is 12.8. The molecule has 3 rings (SSSR count). The van der Waals surface area contributed by atoms with Gasteiger partial charge in [-0.05, 0) is 42.5 Å². The number of thioether (sulfide) groups is 1. The summed E-state index contributed by atoms with van der Waals surface area (Å²) in [6.45, 7) is 0.658. The maximum Gasteiger partial charge on any atom is 0.286 e. The number of rotatable bonds is 6. The molecule has 2 aliphatic rings. The van der Waals surface area contributed by atoms with Gasteiger partial charge in [0.2, 0.25) is 5.91 Å². The normalized spacial score (nSPS) is 20.3. The molecule has 0 aromatic heterocycles. The van der Waals surface area contributed by atoms with E-state index >= 15 is 0 Å². The summed E-state index contributed by atoms with van der Waals surface area (Å²) in [7, 11) is 0. The van der Waals surface area contributed by atoms with Gasteiger partial charge in [0.25, 0.3) is 5.24 Å². The Morgan fingerprint density at radius 1 is 1.17 bits per heavy atom. The Morgan fingerprint density at radius 2 is 2.00 bits per heavy atom. The van der Waals surface area contributed by atoms with Crippen LogP contribution < -0.4 is 10.1 Å². The first-order valence-electron chi connectivity index (χ1n) is 7.79. The SMILES string of the molecule is O=C1NC(=O)C(Cc2ccc(OCCC3=CCCC=C3)cc2)S1. The Bertz CT molecular complexity index is 649. The minimum Gasteiger partial charge on any atom is -0.493 e. The third-order valence-electron chi connectivity index (χ3n) is 3.84. The Morgan fingerprint density at radius 3 is 2.65 bits per heavy atom. The summed E-state index contributed by atoms with van der Waals surface area (Å²) in [5, 5.41) is 1.73. The number of ether oxygens (including phenoxy) is 1. The van der Waals surface area contributed by atoms with Crippen LogP contribution >= 0.6 is 11.8 Å². The molecule has 0 bridgehead atoms. The fourth-order valence-electron chi connectivity index (χ4n) is 2.60. The molecule has 120 valence electrons. The van der Waals surface area contributed by atoms with Crippen molar-refractivity contribution in [2.45, 2.75) is 30.9 Å². The number of carbonyl (C=O) groups is 2. The third-order valence-corrected chi connectivity index (χ3v) is 4.82. The fraction of sp³-hybridized carbons (Fsp3) is 0.333. The molecule has 4 nitrogen and oxygen atoms in total. The van der Waals surface area contributed by atoms with Gasteiger partial charge in [0, 0.05) is 6.42 Å². The van der Waals surface area contributed by atoms with Crippen molar-refractivity contribution in [1.82, 2.24) is 5.32 Å². The van der Waals surface area contributed by atoms with Crippen molar-refractivity contribution >= 4 is 22.9 Å². The lowest BCUT2D eigenvalue weighted by Gasteiger charge is -2.10. The summed E-state index contributed by atoms with van der Waals surface area (Å²) in [5.41, 5.74) is 2.36. The summed E-state index contributed by atoms with van der Waals surface area (Å²) in [6.07, 6.45) is 10.4. The standard InChI is InChI=1S/C18H19NO3S/c20-17-16(23-18(21)19-17)12-14-6-8-15(9-7-14)22-11-10-13-4-2-1-3-5-13/h2,4-9,16H,1,3,10-12H2,(H,19,20,21). The van der Waals surface area contributed by atoms with E-state index in [2.05, 4.69) is 23.5 Å². The average Bonchev–Trinajstić information content (AvgIpc) is 2.88. The van der Waals surface area contributed by atoms with Crippen LogP contribution in [0.15, 0.2) is 48.1 Å². The van der Waals surface area contributed by atoms with Crippen molar-refractivity contribution in [3.63, 3.8) is 0 Å². The second kappa shape index (κ2) is 7.51. The molecule has 1 unspecified atom stereocenters. The van der Waals surface area contributed by atoms with Gasteiger partial charge in [-0.15, -0.1) is 0 Å². The molecule has 23 heavy (non-hydrogen) atoms. The predicted octanol–water partition coefficient (Wildman–Crippen LogP) is 3.63. The van der Waals surface area contributed by atoms with Crippen LogP contribution in [0.1, 0.15) is 24.8 Å². The molecule has 1 aliphatic carbocycles. The number of carbonyl (C=O) groups excluding carboxylic acids is 2. The number of allylic oxidation sites excluding steroid dienone is 3. The second-order valence-electron chi connectivity index (χ2n) is 5.59. The van der Waals surface area contributed by atoms with Crippen molar-refractivity contribution in [2.75, 3.05) is 6.61 Å². The summed E-state index contributed by atoms with van der Waals surface area (Å²) in [4.78, 5) is 22.7. The van der Waals surface area contributed by atoms with E-state index in [1.807, 2.05) is 24.3 Å². The number of amides is 2. The fourth-order valence-corrected chi connectivity index (χ4v) is 3.46. The van der Waals surface area contributed by atoms with Crippen molar-refractivity contribution < 1.29 is 14.3 Å². The molecule has 1 saturated heterocycles. The highest BCUT2D eigenvalue weighted by molar-refractivity contribution is 8.15. The number of benzene rings is 1. The zero-order chi connectivity index (χ0) is 16.1. The Balaban J connectivity index is 1.47. The lowest BCUT2D eigenvalue weighted by atomic mass is 10.1. The number of hydrogen-bond donors (Lipinski definition) is 1. The summed E-state index contributed by atoms with van der Waals surface area (Å²) in [5.74, 6) is 0.628. The molecule has 2 amide bonds. The summed E-state index contributed by atoms with van der Waals surface area (Å²) < 4.78 is 5.76. The Hall–Kier alpha value is -2.01. The van der Waals surface area contributed by atoms with Crippen LogP contribution in [-0.4, -0.2) is 23.0 Å². The van der Waals surface area contributed by atoms with E-state index in [1.54, 1.807) is 0 Å². The van der Waals surface area contributed by atoms with E-state index in [1.165, 1.54) is 5.57 Å². The van der Waals surface area contributed by atoms with E-state index in [-0.39, 0.29) is 16.4 Å². The van der Waals surface area contributed by atoms with Gasteiger partial charge in [-0.1, -0.05) is 42.1 Å². The van der Waals surface area contributed by atoms with Crippen LogP contribution in [0, 0.1) is 0 Å². The quantitative estimate of drug-likeness (QED) is 0.866. The average molecular weight is 329 g/mol. The summed E-state index contributed by atoms with van der Waals surface area (Å²) in [6, 6.07) is 7.73. The monoisotopic (exact) mass is 329 g/mol. The first kappa shape index (κ1) is 15.9. The van der Waals surface area contributed by atoms with E-state index in [9.17, 15) is 9.59 Å². The van der Waals surface area contributed by atoms with Crippen molar-refractivity contribution in [1.29, 1.82) is 0 Å². The molecule has 0 spiro atoms. The number of hydrogen-bond acceptors (Lipinski definition) is 4. The van der Waals surface area contributed by atoms with Gasteiger partial charge in [-0.25, -0.2) is 0 Å². The molecule has 0 saturated carbocycles. The molecule has 1 atom stereocenters. The highest BCUT2D eigenvalue weighted by atomic mass is 32.2. The highest BCUT2D eigenvalue weighted by Gasteiger charge is 2.31. The molecule has 1 aromatic carbocycles. The predicted molar refractivity (Wildman–Crippen MR) is 91.6 cm³/mol. The molecular weight excluding hydrogens is 310 g/mol. The third kappa shape index (κ3) is 4.48. The van der Waals surface area contributed by atoms with Gasteiger partial charge in [0.15, 0.2) is 0 Å². The minimum atomic E-state index is -0.320. The molecule has 1 aliphatic heterocycles. The lowest BCUT2D eigenvalue weighted by molar-refractivity contribution is -0.118. The maximum atomic E-state index is 11.6. The van der Waals surface area contributed by atoms with Gasteiger partial charge in [-0.2, -0.15) is 0 Å². The summed E-state index contributed by atoms with van der Waals surface area (Å²) >= 11 is 1.06. The molecule has 1 fully saturated rings.